The van der Waals surface area contributed by atoms with Crippen LogP contribution in [0.3, 0.4) is 0 Å². The maximum atomic E-state index is 11.6. The fourth-order valence-corrected chi connectivity index (χ4v) is 2.60. The van der Waals surface area contributed by atoms with E-state index in [2.05, 4.69) is 19.1 Å². The van der Waals surface area contributed by atoms with Gasteiger partial charge in [0.25, 0.3) is 5.56 Å². The molecule has 0 unspecified atom stereocenters. The van der Waals surface area contributed by atoms with E-state index in [1.807, 2.05) is 0 Å². The number of fused-ring (bicyclic) bond motifs is 1. The summed E-state index contributed by atoms with van der Waals surface area (Å²) < 4.78 is 33.3. The van der Waals surface area contributed by atoms with Crippen molar-refractivity contribution in [3.8, 4) is 0 Å². The van der Waals surface area contributed by atoms with Gasteiger partial charge in [0.2, 0.25) is 0 Å². The molecule has 0 aliphatic carbocycles. The van der Waals surface area contributed by atoms with E-state index in [4.69, 9.17) is 9.88 Å². The van der Waals surface area contributed by atoms with Crippen molar-refractivity contribution in [2.45, 2.75) is 25.2 Å². The Morgan fingerprint density at radius 2 is 2.29 bits per heavy atom. The van der Waals surface area contributed by atoms with Crippen LogP contribution in [0.1, 0.15) is 19.1 Å². The second-order valence-corrected chi connectivity index (χ2v) is 5.84. The molecule has 0 amide bonds. The first-order chi connectivity index (χ1) is 9.94. The minimum absolute atomic E-state index is 0.143. The second-order valence-electron chi connectivity index (χ2n) is 4.62. The third kappa shape index (κ3) is 2.95. The number of rotatable bonds is 4. The highest BCUT2D eigenvalue weighted by Crippen LogP contribution is 2.29. The Bertz CT molecular complexity index is 813. The third-order valence-electron chi connectivity index (χ3n) is 3.18. The van der Waals surface area contributed by atoms with Gasteiger partial charge >= 0.3 is 10.3 Å². The van der Waals surface area contributed by atoms with Gasteiger partial charge in [0.15, 0.2) is 11.2 Å². The van der Waals surface area contributed by atoms with Crippen molar-refractivity contribution < 1.29 is 17.3 Å². The molecule has 3 rings (SSSR count). The van der Waals surface area contributed by atoms with Crippen molar-refractivity contribution in [3.05, 3.63) is 23.0 Å². The lowest BCUT2D eigenvalue weighted by molar-refractivity contribution is -0.0149. The van der Waals surface area contributed by atoms with E-state index in [9.17, 15) is 13.2 Å². The zero-order chi connectivity index (χ0) is 15.0. The molecule has 1 aliphatic heterocycles. The quantitative estimate of drug-likeness (QED) is 0.738. The maximum absolute atomic E-state index is 11.6. The summed E-state index contributed by atoms with van der Waals surface area (Å²) in [5, 5.41) is 4.76. The van der Waals surface area contributed by atoms with Crippen molar-refractivity contribution in [3.63, 3.8) is 0 Å². The molecule has 3 N–H and O–H groups in total. The first-order valence-corrected chi connectivity index (χ1v) is 7.64. The van der Waals surface area contributed by atoms with Gasteiger partial charge in [-0.3, -0.25) is 13.5 Å². The molecule has 2 atom stereocenters. The summed E-state index contributed by atoms with van der Waals surface area (Å²) in [6.45, 7) is -0.143. The maximum Gasteiger partial charge on any atom is 0.333 e. The van der Waals surface area contributed by atoms with Crippen molar-refractivity contribution >= 4 is 21.5 Å². The van der Waals surface area contributed by atoms with Crippen molar-refractivity contribution in [1.82, 2.24) is 19.5 Å². The Morgan fingerprint density at radius 3 is 3.05 bits per heavy atom. The molecule has 0 aromatic carbocycles. The first-order valence-electron chi connectivity index (χ1n) is 6.17. The molecule has 2 aromatic heterocycles. The number of aromatic amines is 1. The van der Waals surface area contributed by atoms with Crippen molar-refractivity contribution in [1.29, 1.82) is 0 Å². The molecule has 2 aromatic rings. The van der Waals surface area contributed by atoms with Crippen molar-refractivity contribution in [2.75, 3.05) is 6.61 Å². The molecule has 3 heterocycles. The third-order valence-corrected chi connectivity index (χ3v) is 3.64. The van der Waals surface area contributed by atoms with Crippen LogP contribution in [0.2, 0.25) is 0 Å². The molecule has 0 saturated carbocycles. The van der Waals surface area contributed by atoms with Gasteiger partial charge in [0, 0.05) is 0 Å². The summed E-state index contributed by atoms with van der Waals surface area (Å²) >= 11 is 0. The van der Waals surface area contributed by atoms with Gasteiger partial charge in [0.05, 0.1) is 25.4 Å². The van der Waals surface area contributed by atoms with Crippen LogP contribution in [0.4, 0.5) is 0 Å². The number of hydrogen-bond donors (Lipinski definition) is 2. The summed E-state index contributed by atoms with van der Waals surface area (Å²) in [6, 6.07) is 0. The number of H-pyrrole nitrogens is 1. The molecule has 21 heavy (non-hydrogen) atoms. The largest absolute Gasteiger partial charge is 0.352 e. The number of imidazole rings is 1. The van der Waals surface area contributed by atoms with Crippen molar-refractivity contribution in [2.24, 2.45) is 5.14 Å². The Labute approximate surface area is 119 Å². The molecule has 10 nitrogen and oxygen atoms in total. The number of nitrogens with zero attached hydrogens (tertiary/aromatic N) is 3. The van der Waals surface area contributed by atoms with E-state index < -0.39 is 16.4 Å². The van der Waals surface area contributed by atoms with Gasteiger partial charge in [-0.25, -0.2) is 15.1 Å². The summed E-state index contributed by atoms with van der Waals surface area (Å²) in [5.74, 6) is 0. The van der Waals surface area contributed by atoms with Crippen LogP contribution in [0, 0.1) is 0 Å². The Kier molecular flexibility index (Phi) is 3.49. The zero-order valence-corrected chi connectivity index (χ0v) is 11.6. The highest BCUT2D eigenvalue weighted by Gasteiger charge is 2.29. The fourth-order valence-electron chi connectivity index (χ4n) is 2.26. The standard InChI is InChI=1S/C10H13N5O5S/c11-21(17,18)19-3-6-1-2-7(20-6)15-5-14-8-9(15)12-4-13-10(8)16/h4-7H,1-3H2,(H2,11,17,18)(H,12,13,16)/t6-,7+/m0/s1. The SMILES string of the molecule is NS(=O)(=O)OC[C@@H]1CC[C@H](n2cnc3c(=O)[nH]cnc32)O1. The smallest absolute Gasteiger partial charge is 0.333 e. The normalized spacial score (nSPS) is 22.9. The average molecular weight is 315 g/mol. The van der Waals surface area contributed by atoms with Gasteiger partial charge in [-0.1, -0.05) is 0 Å². The summed E-state index contributed by atoms with van der Waals surface area (Å²) in [6.07, 6.45) is 3.22. The average Bonchev–Trinajstić information content (AvgIpc) is 3.02. The lowest BCUT2D eigenvalue weighted by Gasteiger charge is -2.14. The van der Waals surface area contributed by atoms with Crippen LogP contribution in [-0.4, -0.2) is 40.6 Å². The summed E-state index contributed by atoms with van der Waals surface area (Å²) in [7, 11) is -3.98. The predicted octanol–water partition coefficient (Wildman–Crippen LogP) is -0.983. The van der Waals surface area contributed by atoms with E-state index in [-0.39, 0.29) is 23.9 Å². The lowest BCUT2D eigenvalue weighted by atomic mass is 10.2. The van der Waals surface area contributed by atoms with Gasteiger partial charge in [-0.05, 0) is 12.8 Å². The summed E-state index contributed by atoms with van der Waals surface area (Å²) in [5.41, 5.74) is 0.313. The van der Waals surface area contributed by atoms with Gasteiger partial charge in [-0.2, -0.15) is 8.42 Å². The van der Waals surface area contributed by atoms with Crippen LogP contribution in [0.15, 0.2) is 17.4 Å². The van der Waals surface area contributed by atoms with Crippen LogP contribution in [0.25, 0.3) is 11.2 Å². The number of ether oxygens (including phenoxy) is 1. The summed E-state index contributed by atoms with van der Waals surface area (Å²) in [4.78, 5) is 22.1. The highest BCUT2D eigenvalue weighted by atomic mass is 32.2. The Balaban J connectivity index is 1.76. The highest BCUT2D eigenvalue weighted by molar-refractivity contribution is 7.84. The van der Waals surface area contributed by atoms with Crippen LogP contribution in [0.5, 0.6) is 0 Å². The van der Waals surface area contributed by atoms with E-state index in [1.54, 1.807) is 4.57 Å². The molecular formula is C10H13N5O5S. The van der Waals surface area contributed by atoms with Gasteiger partial charge < -0.3 is 9.72 Å². The van der Waals surface area contributed by atoms with E-state index in [0.29, 0.717) is 18.5 Å². The number of nitrogens with one attached hydrogen (secondary N) is 1. The minimum atomic E-state index is -3.98. The molecule has 114 valence electrons. The predicted molar refractivity (Wildman–Crippen MR) is 70.4 cm³/mol. The first kappa shape index (κ1) is 14.1. The molecule has 0 spiro atoms. The van der Waals surface area contributed by atoms with Crippen LogP contribution >= 0.6 is 0 Å². The lowest BCUT2D eigenvalue weighted by Crippen LogP contribution is -2.23. The van der Waals surface area contributed by atoms with E-state index in [1.165, 1.54) is 12.7 Å². The van der Waals surface area contributed by atoms with Gasteiger partial charge in [-0.15, -0.1) is 0 Å². The number of aromatic nitrogens is 4. The fraction of sp³-hybridized carbons (Fsp3) is 0.500. The molecule has 1 fully saturated rings. The van der Waals surface area contributed by atoms with Gasteiger partial charge in [0.1, 0.15) is 6.23 Å². The molecule has 0 bridgehead atoms. The number of hydrogen-bond acceptors (Lipinski definition) is 7. The Hall–Kier alpha value is -1.82. The Morgan fingerprint density at radius 1 is 1.48 bits per heavy atom. The molecule has 11 heteroatoms. The van der Waals surface area contributed by atoms with Crippen LogP contribution in [-0.2, 0) is 19.2 Å². The van der Waals surface area contributed by atoms with Crippen LogP contribution < -0.4 is 10.7 Å². The molecule has 1 aliphatic rings. The second kappa shape index (κ2) is 5.18. The monoisotopic (exact) mass is 315 g/mol. The zero-order valence-electron chi connectivity index (χ0n) is 10.8. The van der Waals surface area contributed by atoms with E-state index >= 15 is 0 Å². The molecule has 1 saturated heterocycles. The number of nitrogens with two attached hydrogens (primary N) is 1. The molecule has 0 radical (unpaired) electrons. The molecular weight excluding hydrogens is 302 g/mol. The van der Waals surface area contributed by atoms with E-state index in [0.717, 1.165) is 0 Å². The minimum Gasteiger partial charge on any atom is -0.352 e. The topological polar surface area (TPSA) is 142 Å².